The van der Waals surface area contributed by atoms with Gasteiger partial charge in [-0.15, -0.1) is 57.6 Å². The van der Waals surface area contributed by atoms with Crippen LogP contribution in [-0.2, 0) is 0 Å². The second-order valence-electron chi connectivity index (χ2n) is 14.4. The van der Waals surface area contributed by atoms with Gasteiger partial charge in [-0.3, -0.25) is 9.80 Å². The number of para-hydroxylation sites is 4. The van der Waals surface area contributed by atoms with Crippen molar-refractivity contribution < 1.29 is 38.0 Å². The predicted molar refractivity (Wildman–Crippen MR) is 248 cm³/mol. The number of rotatable bonds is 16. The summed E-state index contributed by atoms with van der Waals surface area (Å²) < 4.78 is 32.9. The van der Waals surface area contributed by atoms with Crippen molar-refractivity contribution in [2.45, 2.75) is 12.2 Å². The molecule has 0 spiro atoms. The molecule has 0 aliphatic carbocycles. The van der Waals surface area contributed by atoms with Gasteiger partial charge in [0.15, 0.2) is 0 Å². The van der Waals surface area contributed by atoms with Gasteiger partial charge in [0, 0.05) is 76.6 Å². The van der Waals surface area contributed by atoms with E-state index in [1.807, 2.05) is 84.9 Å². The Hall–Kier alpha value is -5.33. The molecule has 0 bridgehead atoms. The number of aliphatic hydroxyl groups excluding tert-OH is 2. The molecule has 16 nitrogen and oxygen atoms in total. The minimum atomic E-state index is -0.574. The number of benzene rings is 4. The van der Waals surface area contributed by atoms with Crippen molar-refractivity contribution >= 4 is 48.6 Å². The summed E-state index contributed by atoms with van der Waals surface area (Å²) in [6.07, 6.45) is 1.44. The van der Waals surface area contributed by atoms with Crippen LogP contribution in [0.2, 0.25) is 0 Å². The molecule has 2 unspecified atom stereocenters. The molecule has 2 aromatic heterocycles. The van der Waals surface area contributed by atoms with E-state index in [2.05, 4.69) is 52.1 Å². The molecular weight excluding hydrogens is 875 g/mol. The average molecular weight is 930 g/mol. The van der Waals surface area contributed by atoms with Crippen LogP contribution in [0.25, 0.3) is 22.9 Å². The van der Waals surface area contributed by atoms with E-state index in [9.17, 15) is 10.2 Å². The molecule has 63 heavy (non-hydrogen) atoms. The van der Waals surface area contributed by atoms with Crippen molar-refractivity contribution in [2.24, 2.45) is 0 Å². The van der Waals surface area contributed by atoms with Gasteiger partial charge in [0.1, 0.15) is 48.4 Å². The summed E-state index contributed by atoms with van der Waals surface area (Å²) in [6.45, 7) is 8.65. The Balaban J connectivity index is 0.000000264. The second-order valence-corrected chi connectivity index (χ2v) is 14.4. The molecule has 2 atom stereocenters. The molecule has 0 radical (unpaired) electrons. The first-order valence-corrected chi connectivity index (χ1v) is 20.0. The Labute approximate surface area is 385 Å². The molecule has 2 aliphatic rings. The lowest BCUT2D eigenvalue weighted by Crippen LogP contribution is -2.49. The first kappa shape index (κ1) is 50.3. The zero-order valence-electron chi connectivity index (χ0n) is 35.2. The third-order valence-electron chi connectivity index (χ3n) is 10.3. The maximum atomic E-state index is 10.4. The molecule has 8 rings (SSSR count). The number of hydrogen-bond donors (Lipinski definition) is 2. The van der Waals surface area contributed by atoms with Gasteiger partial charge in [0.05, 0.1) is 25.6 Å². The summed E-state index contributed by atoms with van der Waals surface area (Å²) in [4.78, 5) is 9.16. The Kier molecular flexibility index (Phi) is 20.5. The maximum absolute atomic E-state index is 10.4. The third-order valence-corrected chi connectivity index (χ3v) is 10.3. The van der Waals surface area contributed by atoms with E-state index in [4.69, 9.17) is 27.8 Å². The quantitative estimate of drug-likeness (QED) is 0.118. The smallest absolute Gasteiger partial charge is 0.247 e. The van der Waals surface area contributed by atoms with Gasteiger partial charge in [0.2, 0.25) is 24.6 Å². The van der Waals surface area contributed by atoms with E-state index in [0.29, 0.717) is 36.4 Å². The average Bonchev–Trinajstić information content (AvgIpc) is 4.06. The highest BCUT2D eigenvalue weighted by atomic mass is 35.5. The van der Waals surface area contributed by atoms with E-state index in [-0.39, 0.29) is 50.4 Å². The number of methoxy groups -OCH3 is 2. The summed E-state index contributed by atoms with van der Waals surface area (Å²) in [7, 11) is 3.40. The minimum absolute atomic E-state index is 0. The van der Waals surface area contributed by atoms with Gasteiger partial charge in [-0.25, -0.2) is 0 Å². The van der Waals surface area contributed by atoms with Gasteiger partial charge in [-0.1, -0.05) is 36.4 Å². The van der Waals surface area contributed by atoms with E-state index in [1.165, 1.54) is 12.8 Å². The minimum Gasteiger partial charge on any atom is -0.495 e. The summed E-state index contributed by atoms with van der Waals surface area (Å²) in [5.41, 5.74) is 3.80. The van der Waals surface area contributed by atoms with Crippen molar-refractivity contribution in [3.8, 4) is 45.9 Å². The molecule has 2 aliphatic heterocycles. The number of aromatic nitrogens is 4. The fourth-order valence-corrected chi connectivity index (χ4v) is 7.25. The standard InChI is InChI=1S/2C22H26N4O4.3ClH/c2*1-28-21-8-3-2-7-20(21)26-11-9-25(10-12-26)14-18(27)15-29-19-6-4-5-17(13-19)22-24-23-16-30-22;;;/h2*2-8,13,16,18,27H,9-12,14-15H2,1H3;3*1H. The topological polar surface area (TPSA) is 168 Å². The van der Waals surface area contributed by atoms with Crippen LogP contribution in [0.3, 0.4) is 0 Å². The molecule has 2 fully saturated rings. The molecule has 6 aromatic rings. The maximum Gasteiger partial charge on any atom is 0.247 e. The number of halogens is 3. The Morgan fingerprint density at radius 1 is 0.540 bits per heavy atom. The van der Waals surface area contributed by atoms with Crippen LogP contribution in [-0.4, -0.2) is 145 Å². The Morgan fingerprint density at radius 3 is 1.30 bits per heavy atom. The molecular formula is C44H55Cl3N8O8. The number of nitrogens with zero attached hydrogens (tertiary/aromatic N) is 8. The SMILES string of the molecule is COc1ccccc1N1CCN(CC(O)COc2cccc(-c3nnco3)c2)CC1.COc1ccccc1N1CCN(CC(O)COc2cccc(-c3nnco3)c2)CC1.Cl.Cl.Cl. The monoisotopic (exact) mass is 928 g/mol. The number of piperazine rings is 2. The second kappa shape index (κ2) is 25.7. The summed E-state index contributed by atoms with van der Waals surface area (Å²) in [6, 6.07) is 30.9. The lowest BCUT2D eigenvalue weighted by molar-refractivity contribution is 0.0662. The van der Waals surface area contributed by atoms with Crippen LogP contribution < -0.4 is 28.7 Å². The van der Waals surface area contributed by atoms with Gasteiger partial charge >= 0.3 is 0 Å². The zero-order chi connectivity index (χ0) is 41.5. The Morgan fingerprint density at radius 2 is 0.937 bits per heavy atom. The van der Waals surface area contributed by atoms with Gasteiger partial charge < -0.3 is 47.8 Å². The van der Waals surface area contributed by atoms with E-state index < -0.39 is 12.2 Å². The van der Waals surface area contributed by atoms with Crippen molar-refractivity contribution in [3.63, 3.8) is 0 Å². The van der Waals surface area contributed by atoms with E-state index in [0.717, 1.165) is 86.4 Å². The fraction of sp³-hybridized carbons (Fsp3) is 0.364. The van der Waals surface area contributed by atoms with Gasteiger partial charge in [0.25, 0.3) is 0 Å². The first-order valence-electron chi connectivity index (χ1n) is 20.0. The molecule has 4 heterocycles. The van der Waals surface area contributed by atoms with Crippen LogP contribution in [0.4, 0.5) is 11.4 Å². The normalized spacial score (nSPS) is 15.0. The molecule has 2 N–H and O–H groups in total. The number of ether oxygens (including phenoxy) is 4. The largest absolute Gasteiger partial charge is 0.495 e. The highest BCUT2D eigenvalue weighted by Gasteiger charge is 2.23. The highest BCUT2D eigenvalue weighted by molar-refractivity contribution is 5.86. The van der Waals surface area contributed by atoms with Crippen LogP contribution in [0, 0.1) is 0 Å². The summed E-state index contributed by atoms with van der Waals surface area (Å²) in [5, 5.41) is 36.1. The number of hydrogen-bond acceptors (Lipinski definition) is 16. The molecule has 19 heteroatoms. The molecule has 4 aromatic carbocycles. The molecule has 2 saturated heterocycles. The number of β-amino-alcohol motifs (C(OH)–C–C–N with tert-alkyl or cyclic N) is 2. The highest BCUT2D eigenvalue weighted by Crippen LogP contribution is 2.30. The molecule has 0 saturated carbocycles. The fourth-order valence-electron chi connectivity index (χ4n) is 7.25. The van der Waals surface area contributed by atoms with E-state index >= 15 is 0 Å². The summed E-state index contributed by atoms with van der Waals surface area (Å²) >= 11 is 0. The third kappa shape index (κ3) is 14.3. The first-order chi connectivity index (χ1) is 29.4. The zero-order valence-corrected chi connectivity index (χ0v) is 37.6. The number of anilines is 2. The molecule has 0 amide bonds. The van der Waals surface area contributed by atoms with Crippen molar-refractivity contribution in [1.82, 2.24) is 30.2 Å². The van der Waals surface area contributed by atoms with Gasteiger partial charge in [-0.2, -0.15) is 0 Å². The van der Waals surface area contributed by atoms with Crippen molar-refractivity contribution in [1.29, 1.82) is 0 Å². The number of aliphatic hydroxyl groups is 2. The van der Waals surface area contributed by atoms with Gasteiger partial charge in [-0.05, 0) is 60.7 Å². The lowest BCUT2D eigenvalue weighted by Gasteiger charge is -2.37. The lowest BCUT2D eigenvalue weighted by atomic mass is 10.2. The van der Waals surface area contributed by atoms with Crippen LogP contribution in [0.5, 0.6) is 23.0 Å². The van der Waals surface area contributed by atoms with Crippen molar-refractivity contribution in [2.75, 3.05) is 103 Å². The predicted octanol–water partition coefficient (Wildman–Crippen LogP) is 5.88. The van der Waals surface area contributed by atoms with Crippen molar-refractivity contribution in [3.05, 3.63) is 110 Å². The van der Waals surface area contributed by atoms with Crippen LogP contribution >= 0.6 is 37.2 Å². The molecule has 340 valence electrons. The van der Waals surface area contributed by atoms with Crippen LogP contribution in [0.15, 0.2) is 119 Å². The Bertz CT molecular complexity index is 2020. The van der Waals surface area contributed by atoms with E-state index in [1.54, 1.807) is 14.2 Å². The summed E-state index contributed by atoms with van der Waals surface area (Å²) in [5.74, 6) is 3.98. The van der Waals surface area contributed by atoms with Crippen LogP contribution in [0.1, 0.15) is 0 Å².